The Labute approximate surface area is 164 Å². The van der Waals surface area contributed by atoms with Gasteiger partial charge in [0.2, 0.25) is 0 Å². The van der Waals surface area contributed by atoms with Crippen molar-refractivity contribution in [2.45, 2.75) is 12.7 Å². The van der Waals surface area contributed by atoms with Crippen LogP contribution in [0.25, 0.3) is 0 Å². The van der Waals surface area contributed by atoms with Crippen LogP contribution >= 0.6 is 0 Å². The molecule has 0 saturated carbocycles. The number of rotatable bonds is 6. The van der Waals surface area contributed by atoms with Crippen molar-refractivity contribution in [3.05, 3.63) is 71.5 Å². The van der Waals surface area contributed by atoms with Crippen molar-refractivity contribution in [2.75, 3.05) is 19.5 Å². The summed E-state index contributed by atoms with van der Waals surface area (Å²) in [7, 11) is 2.96. The van der Waals surface area contributed by atoms with E-state index < -0.39 is 17.6 Å². The molecule has 0 atom stereocenters. The van der Waals surface area contributed by atoms with E-state index in [-0.39, 0.29) is 6.54 Å². The lowest BCUT2D eigenvalue weighted by molar-refractivity contribution is -0.137. The van der Waals surface area contributed by atoms with Gasteiger partial charge in [-0.3, -0.25) is 9.48 Å². The molecule has 0 saturated heterocycles. The molecule has 1 N–H and O–H groups in total. The highest BCUT2D eigenvalue weighted by Crippen LogP contribution is 2.29. The average molecular weight is 405 g/mol. The summed E-state index contributed by atoms with van der Waals surface area (Å²) >= 11 is 0. The number of methoxy groups -OCH3 is 2. The van der Waals surface area contributed by atoms with Gasteiger partial charge in [0.25, 0.3) is 5.91 Å². The summed E-state index contributed by atoms with van der Waals surface area (Å²) in [4.78, 5) is 12.5. The quantitative estimate of drug-likeness (QED) is 0.667. The number of nitrogens with zero attached hydrogens (tertiary/aromatic N) is 2. The van der Waals surface area contributed by atoms with Gasteiger partial charge in [-0.25, -0.2) is 0 Å². The number of carbonyl (C=O) groups excluding carboxylic acids is 1. The Kier molecular flexibility index (Phi) is 5.76. The van der Waals surface area contributed by atoms with Crippen molar-refractivity contribution in [2.24, 2.45) is 0 Å². The molecule has 3 aromatic rings. The minimum Gasteiger partial charge on any atom is -0.497 e. The smallest absolute Gasteiger partial charge is 0.416 e. The minimum absolute atomic E-state index is 0.132. The zero-order valence-electron chi connectivity index (χ0n) is 15.7. The van der Waals surface area contributed by atoms with Crippen LogP contribution < -0.4 is 14.8 Å². The summed E-state index contributed by atoms with van der Waals surface area (Å²) in [5.41, 5.74) is 0.455. The van der Waals surface area contributed by atoms with Crippen molar-refractivity contribution < 1.29 is 27.4 Å². The second-order valence-electron chi connectivity index (χ2n) is 6.18. The number of anilines is 1. The van der Waals surface area contributed by atoms with Gasteiger partial charge in [-0.05, 0) is 29.8 Å². The monoisotopic (exact) mass is 405 g/mol. The number of ether oxygens (including phenoxy) is 2. The third kappa shape index (κ3) is 5.07. The van der Waals surface area contributed by atoms with Crippen molar-refractivity contribution in [1.82, 2.24) is 9.78 Å². The lowest BCUT2D eigenvalue weighted by atomic mass is 10.1. The molecule has 1 heterocycles. The van der Waals surface area contributed by atoms with Gasteiger partial charge in [-0.2, -0.15) is 18.3 Å². The number of hydrogen-bond donors (Lipinski definition) is 1. The number of aromatic nitrogens is 2. The van der Waals surface area contributed by atoms with E-state index in [4.69, 9.17) is 9.47 Å². The topological polar surface area (TPSA) is 65.4 Å². The third-order valence-corrected chi connectivity index (χ3v) is 4.10. The zero-order chi connectivity index (χ0) is 21.0. The molecule has 1 aromatic heterocycles. The summed E-state index contributed by atoms with van der Waals surface area (Å²) in [5.74, 6) is 0.533. The molecule has 0 aliphatic rings. The first-order valence-corrected chi connectivity index (χ1v) is 8.51. The average Bonchev–Trinajstić information content (AvgIpc) is 3.13. The summed E-state index contributed by atoms with van der Waals surface area (Å²) in [6, 6.07) is 9.78. The number of carbonyl (C=O) groups is 1. The van der Waals surface area contributed by atoms with E-state index in [9.17, 15) is 18.0 Å². The summed E-state index contributed by atoms with van der Waals surface area (Å²) in [6.07, 6.45) is -1.45. The van der Waals surface area contributed by atoms with Gasteiger partial charge in [-0.1, -0.05) is 12.1 Å². The van der Waals surface area contributed by atoms with Crippen LogP contribution in [0.4, 0.5) is 18.9 Å². The van der Waals surface area contributed by atoms with E-state index in [1.54, 1.807) is 24.3 Å². The number of benzene rings is 2. The molecule has 1 amide bonds. The Hall–Kier alpha value is -3.49. The van der Waals surface area contributed by atoms with Crippen LogP contribution in [0, 0.1) is 0 Å². The maximum atomic E-state index is 12.8. The lowest BCUT2D eigenvalue weighted by Gasteiger charge is -2.09. The van der Waals surface area contributed by atoms with Crippen LogP contribution in [0.2, 0.25) is 0 Å². The summed E-state index contributed by atoms with van der Waals surface area (Å²) in [6.45, 7) is 0.132. The van der Waals surface area contributed by atoms with Crippen LogP contribution in [0.15, 0.2) is 54.9 Å². The second kappa shape index (κ2) is 8.26. The van der Waals surface area contributed by atoms with E-state index in [1.165, 1.54) is 37.4 Å². The van der Waals surface area contributed by atoms with Crippen molar-refractivity contribution in [3.63, 3.8) is 0 Å². The van der Waals surface area contributed by atoms with Gasteiger partial charge in [0.15, 0.2) is 0 Å². The highest BCUT2D eigenvalue weighted by Gasteiger charge is 2.30. The first-order chi connectivity index (χ1) is 13.8. The van der Waals surface area contributed by atoms with Crippen LogP contribution in [0.5, 0.6) is 11.5 Å². The second-order valence-corrected chi connectivity index (χ2v) is 6.18. The molecule has 9 heteroatoms. The fourth-order valence-corrected chi connectivity index (χ4v) is 2.69. The highest BCUT2D eigenvalue weighted by atomic mass is 19.4. The van der Waals surface area contributed by atoms with Crippen molar-refractivity contribution in [3.8, 4) is 11.5 Å². The molecule has 0 unspecified atom stereocenters. The largest absolute Gasteiger partial charge is 0.497 e. The van der Waals surface area contributed by atoms with E-state index in [0.29, 0.717) is 28.3 Å². The SMILES string of the molecule is COc1cc(OC)cc(C(=O)Nc2cnn(Cc3cccc(C(F)(F)F)c3)c2)c1. The lowest BCUT2D eigenvalue weighted by Crippen LogP contribution is -2.12. The Balaban J connectivity index is 1.72. The molecule has 0 aliphatic heterocycles. The molecule has 152 valence electrons. The molecular formula is C20H18F3N3O3. The molecule has 0 aliphatic carbocycles. The minimum atomic E-state index is -4.41. The van der Waals surface area contributed by atoms with Crippen molar-refractivity contribution in [1.29, 1.82) is 0 Å². The molecule has 0 spiro atoms. The Bertz CT molecular complexity index is 993. The predicted octanol–water partition coefficient (Wildman–Crippen LogP) is 4.22. The first-order valence-electron chi connectivity index (χ1n) is 8.51. The Morgan fingerprint density at radius 2 is 1.79 bits per heavy atom. The standard InChI is InChI=1S/C20H18F3N3O3/c1-28-17-7-14(8-18(9-17)29-2)19(27)25-16-10-24-26(12-16)11-13-4-3-5-15(6-13)20(21,22)23/h3-10,12H,11H2,1-2H3,(H,25,27). The molecule has 0 bridgehead atoms. The number of amides is 1. The normalized spacial score (nSPS) is 11.2. The number of hydrogen-bond acceptors (Lipinski definition) is 4. The van der Waals surface area contributed by atoms with Crippen LogP contribution in [0.3, 0.4) is 0 Å². The van der Waals surface area contributed by atoms with Gasteiger partial charge in [-0.15, -0.1) is 0 Å². The summed E-state index contributed by atoms with van der Waals surface area (Å²) < 4.78 is 50.2. The fraction of sp³-hybridized carbons (Fsp3) is 0.200. The van der Waals surface area contributed by atoms with Gasteiger partial charge in [0.1, 0.15) is 11.5 Å². The number of nitrogens with one attached hydrogen (secondary N) is 1. The molecule has 3 rings (SSSR count). The Morgan fingerprint density at radius 3 is 2.41 bits per heavy atom. The van der Waals surface area contributed by atoms with Crippen LogP contribution in [0.1, 0.15) is 21.5 Å². The molecule has 2 aromatic carbocycles. The first kappa shape index (κ1) is 20.2. The molecule has 0 radical (unpaired) electrons. The van der Waals surface area contributed by atoms with E-state index >= 15 is 0 Å². The van der Waals surface area contributed by atoms with E-state index in [0.717, 1.165) is 12.1 Å². The third-order valence-electron chi connectivity index (χ3n) is 4.10. The molecule has 6 nitrogen and oxygen atoms in total. The van der Waals surface area contributed by atoms with Crippen molar-refractivity contribution >= 4 is 11.6 Å². The van der Waals surface area contributed by atoms with Gasteiger partial charge in [0, 0.05) is 17.8 Å². The summed E-state index contributed by atoms with van der Waals surface area (Å²) in [5, 5.41) is 6.78. The maximum absolute atomic E-state index is 12.8. The zero-order valence-corrected chi connectivity index (χ0v) is 15.7. The molecule has 0 fully saturated rings. The highest BCUT2D eigenvalue weighted by molar-refractivity contribution is 6.04. The van der Waals surface area contributed by atoms with E-state index in [2.05, 4.69) is 10.4 Å². The van der Waals surface area contributed by atoms with Gasteiger partial charge in [0.05, 0.1) is 38.2 Å². The predicted molar refractivity (Wildman–Crippen MR) is 100 cm³/mol. The van der Waals surface area contributed by atoms with Crippen LogP contribution in [-0.4, -0.2) is 29.9 Å². The van der Waals surface area contributed by atoms with Gasteiger partial charge >= 0.3 is 6.18 Å². The number of halogens is 3. The van der Waals surface area contributed by atoms with Crippen LogP contribution in [-0.2, 0) is 12.7 Å². The molecular weight excluding hydrogens is 387 g/mol. The number of alkyl halides is 3. The maximum Gasteiger partial charge on any atom is 0.416 e. The van der Waals surface area contributed by atoms with Gasteiger partial charge < -0.3 is 14.8 Å². The Morgan fingerprint density at radius 1 is 1.10 bits per heavy atom. The fourth-order valence-electron chi connectivity index (χ4n) is 2.69. The van der Waals surface area contributed by atoms with E-state index in [1.807, 2.05) is 0 Å². The molecule has 29 heavy (non-hydrogen) atoms.